The molecule has 1 aromatic heterocycles. The average molecular weight is 296 g/mol. The highest BCUT2D eigenvalue weighted by Crippen LogP contribution is 2.32. The van der Waals surface area contributed by atoms with E-state index in [9.17, 15) is 0 Å². The molecule has 2 N–H and O–H groups in total. The van der Waals surface area contributed by atoms with Crippen LogP contribution in [0, 0.1) is 0 Å². The van der Waals surface area contributed by atoms with Gasteiger partial charge in [0, 0.05) is 5.56 Å². The van der Waals surface area contributed by atoms with Crippen LogP contribution in [0.5, 0.6) is 5.75 Å². The lowest BCUT2D eigenvalue weighted by atomic mass is 10.1. The SMILES string of the molecule is COc1cc(-c2ccc(C(C)N)o2)ccc1Br. The fraction of sp³-hybridized carbons (Fsp3) is 0.231. The summed E-state index contributed by atoms with van der Waals surface area (Å²) >= 11 is 3.42. The van der Waals surface area contributed by atoms with Crippen LogP contribution < -0.4 is 10.5 Å². The van der Waals surface area contributed by atoms with Crippen LogP contribution in [0.25, 0.3) is 11.3 Å². The Bertz CT molecular complexity index is 520. The fourth-order valence-electron chi connectivity index (χ4n) is 1.57. The smallest absolute Gasteiger partial charge is 0.134 e. The first-order valence-corrected chi connectivity index (χ1v) is 6.10. The summed E-state index contributed by atoms with van der Waals surface area (Å²) in [4.78, 5) is 0. The van der Waals surface area contributed by atoms with Gasteiger partial charge >= 0.3 is 0 Å². The van der Waals surface area contributed by atoms with Gasteiger partial charge < -0.3 is 14.9 Å². The van der Waals surface area contributed by atoms with Gasteiger partial charge in [-0.15, -0.1) is 0 Å². The zero-order valence-electron chi connectivity index (χ0n) is 9.74. The molecule has 1 atom stereocenters. The first-order chi connectivity index (χ1) is 8.11. The van der Waals surface area contributed by atoms with Crippen LogP contribution in [0.15, 0.2) is 39.2 Å². The molecule has 2 rings (SSSR count). The highest BCUT2D eigenvalue weighted by molar-refractivity contribution is 9.10. The van der Waals surface area contributed by atoms with Crippen LogP contribution in [0.1, 0.15) is 18.7 Å². The summed E-state index contributed by atoms with van der Waals surface area (Å²) in [6.07, 6.45) is 0. The maximum Gasteiger partial charge on any atom is 0.134 e. The molecule has 0 spiro atoms. The molecule has 1 heterocycles. The van der Waals surface area contributed by atoms with Crippen molar-refractivity contribution < 1.29 is 9.15 Å². The van der Waals surface area contributed by atoms with Gasteiger partial charge in [0.15, 0.2) is 0 Å². The van der Waals surface area contributed by atoms with Gasteiger partial charge in [-0.05, 0) is 53.2 Å². The number of halogens is 1. The molecule has 3 nitrogen and oxygen atoms in total. The van der Waals surface area contributed by atoms with E-state index in [-0.39, 0.29) is 6.04 Å². The molecule has 0 radical (unpaired) electrons. The fourth-order valence-corrected chi connectivity index (χ4v) is 1.97. The summed E-state index contributed by atoms with van der Waals surface area (Å²) in [7, 11) is 1.64. The predicted molar refractivity (Wildman–Crippen MR) is 71.0 cm³/mol. The maximum absolute atomic E-state index is 5.76. The monoisotopic (exact) mass is 295 g/mol. The molecule has 2 aromatic rings. The van der Waals surface area contributed by atoms with E-state index in [1.807, 2.05) is 37.3 Å². The van der Waals surface area contributed by atoms with E-state index in [0.29, 0.717) is 0 Å². The van der Waals surface area contributed by atoms with Crippen molar-refractivity contribution in [3.63, 3.8) is 0 Å². The largest absolute Gasteiger partial charge is 0.496 e. The Morgan fingerprint density at radius 2 is 2.06 bits per heavy atom. The normalized spacial score (nSPS) is 12.5. The molecule has 0 saturated carbocycles. The zero-order chi connectivity index (χ0) is 12.4. The van der Waals surface area contributed by atoms with Gasteiger partial charge in [-0.2, -0.15) is 0 Å². The molecule has 0 aliphatic carbocycles. The summed E-state index contributed by atoms with van der Waals surface area (Å²) < 4.78 is 11.8. The van der Waals surface area contributed by atoms with E-state index in [0.717, 1.165) is 27.3 Å². The van der Waals surface area contributed by atoms with Crippen molar-refractivity contribution in [2.24, 2.45) is 5.73 Å². The minimum atomic E-state index is -0.0962. The summed E-state index contributed by atoms with van der Waals surface area (Å²) in [5.74, 6) is 2.35. The molecule has 0 aliphatic heterocycles. The standard InChI is InChI=1S/C13H14BrNO2/c1-8(15)11-5-6-12(17-11)9-3-4-10(14)13(7-9)16-2/h3-8H,15H2,1-2H3. The predicted octanol–water partition coefficient (Wildman–Crippen LogP) is 3.74. The highest BCUT2D eigenvalue weighted by atomic mass is 79.9. The summed E-state index contributed by atoms with van der Waals surface area (Å²) in [6, 6.07) is 9.55. The molecule has 0 fully saturated rings. The third-order valence-corrected chi connectivity index (χ3v) is 3.17. The Labute approximate surface area is 109 Å². The van der Waals surface area contributed by atoms with Gasteiger partial charge in [0.05, 0.1) is 17.6 Å². The number of ether oxygens (including phenoxy) is 1. The van der Waals surface area contributed by atoms with Gasteiger partial charge in [-0.25, -0.2) is 0 Å². The number of furan rings is 1. The average Bonchev–Trinajstić information content (AvgIpc) is 2.79. The van der Waals surface area contributed by atoms with Gasteiger partial charge in [0.1, 0.15) is 17.3 Å². The van der Waals surface area contributed by atoms with E-state index < -0.39 is 0 Å². The van der Waals surface area contributed by atoms with E-state index in [2.05, 4.69) is 15.9 Å². The van der Waals surface area contributed by atoms with Gasteiger partial charge in [0.25, 0.3) is 0 Å². The van der Waals surface area contributed by atoms with E-state index in [1.54, 1.807) is 7.11 Å². The highest BCUT2D eigenvalue weighted by Gasteiger charge is 2.09. The summed E-state index contributed by atoms with van der Waals surface area (Å²) in [5, 5.41) is 0. The third-order valence-electron chi connectivity index (χ3n) is 2.51. The van der Waals surface area contributed by atoms with Gasteiger partial charge in [-0.3, -0.25) is 0 Å². The number of rotatable bonds is 3. The zero-order valence-corrected chi connectivity index (χ0v) is 11.3. The molecule has 0 amide bonds. The lowest BCUT2D eigenvalue weighted by Crippen LogP contribution is -2.02. The number of methoxy groups -OCH3 is 1. The number of hydrogen-bond acceptors (Lipinski definition) is 3. The Morgan fingerprint density at radius 1 is 1.29 bits per heavy atom. The molecule has 17 heavy (non-hydrogen) atoms. The molecule has 1 unspecified atom stereocenters. The Kier molecular flexibility index (Phi) is 3.54. The molecule has 0 bridgehead atoms. The van der Waals surface area contributed by atoms with Crippen molar-refractivity contribution in [1.82, 2.24) is 0 Å². The molecular weight excluding hydrogens is 282 g/mol. The Hall–Kier alpha value is -1.26. The maximum atomic E-state index is 5.76. The quantitative estimate of drug-likeness (QED) is 0.938. The topological polar surface area (TPSA) is 48.4 Å². The lowest BCUT2D eigenvalue weighted by molar-refractivity contribution is 0.412. The summed E-state index contributed by atoms with van der Waals surface area (Å²) in [6.45, 7) is 1.89. The van der Waals surface area contributed by atoms with Crippen molar-refractivity contribution >= 4 is 15.9 Å². The molecule has 90 valence electrons. The second kappa shape index (κ2) is 4.94. The van der Waals surface area contributed by atoms with Crippen LogP contribution in [0.3, 0.4) is 0 Å². The lowest BCUT2D eigenvalue weighted by Gasteiger charge is -2.05. The van der Waals surface area contributed by atoms with Crippen LogP contribution in [0.2, 0.25) is 0 Å². The minimum absolute atomic E-state index is 0.0962. The van der Waals surface area contributed by atoms with E-state index in [1.165, 1.54) is 0 Å². The van der Waals surface area contributed by atoms with E-state index >= 15 is 0 Å². The van der Waals surface area contributed by atoms with Gasteiger partial charge in [-0.1, -0.05) is 0 Å². The molecular formula is C13H14BrNO2. The Morgan fingerprint density at radius 3 is 2.65 bits per heavy atom. The first-order valence-electron chi connectivity index (χ1n) is 5.31. The Balaban J connectivity index is 2.38. The third kappa shape index (κ3) is 2.53. The van der Waals surface area contributed by atoms with Crippen LogP contribution >= 0.6 is 15.9 Å². The van der Waals surface area contributed by atoms with Crippen molar-refractivity contribution in [2.75, 3.05) is 7.11 Å². The van der Waals surface area contributed by atoms with Crippen LogP contribution in [0.4, 0.5) is 0 Å². The minimum Gasteiger partial charge on any atom is -0.496 e. The second-order valence-corrected chi connectivity index (χ2v) is 4.69. The molecule has 0 aliphatic rings. The van der Waals surface area contributed by atoms with Crippen LogP contribution in [-0.2, 0) is 0 Å². The molecule has 4 heteroatoms. The number of nitrogens with two attached hydrogens (primary N) is 1. The van der Waals surface area contributed by atoms with Crippen molar-refractivity contribution in [3.05, 3.63) is 40.6 Å². The van der Waals surface area contributed by atoms with Crippen LogP contribution in [-0.4, -0.2) is 7.11 Å². The van der Waals surface area contributed by atoms with Crippen molar-refractivity contribution in [3.8, 4) is 17.1 Å². The number of hydrogen-bond donors (Lipinski definition) is 1. The number of benzene rings is 1. The first kappa shape index (κ1) is 12.2. The van der Waals surface area contributed by atoms with Crippen molar-refractivity contribution in [1.29, 1.82) is 0 Å². The molecule has 0 saturated heterocycles. The van der Waals surface area contributed by atoms with E-state index in [4.69, 9.17) is 14.9 Å². The second-order valence-electron chi connectivity index (χ2n) is 3.84. The van der Waals surface area contributed by atoms with Gasteiger partial charge in [0.2, 0.25) is 0 Å². The molecule has 1 aromatic carbocycles. The van der Waals surface area contributed by atoms with Crippen molar-refractivity contribution in [2.45, 2.75) is 13.0 Å². The summed E-state index contributed by atoms with van der Waals surface area (Å²) in [5.41, 5.74) is 6.73.